The van der Waals surface area contributed by atoms with E-state index >= 15 is 0 Å². The molecule has 2 aliphatic carbocycles. The van der Waals surface area contributed by atoms with Crippen molar-refractivity contribution in [3.05, 3.63) is 0 Å². The molecule has 2 bridgehead atoms. The number of piperidine rings is 1. The van der Waals surface area contributed by atoms with Gasteiger partial charge in [0.15, 0.2) is 6.19 Å². The van der Waals surface area contributed by atoms with Crippen LogP contribution in [0.3, 0.4) is 0 Å². The lowest BCUT2D eigenvalue weighted by Gasteiger charge is -2.13. The zero-order valence-electron chi connectivity index (χ0n) is 6.19. The van der Waals surface area contributed by atoms with Gasteiger partial charge in [0.25, 0.3) is 5.24 Å². The van der Waals surface area contributed by atoms with Crippen LogP contribution in [0.25, 0.3) is 0 Å². The van der Waals surface area contributed by atoms with Gasteiger partial charge >= 0.3 is 0 Å². The molecule has 2 aliphatic heterocycles. The molecule has 3 unspecified atom stereocenters. The highest BCUT2D eigenvalue weighted by Gasteiger charge is 2.91. The van der Waals surface area contributed by atoms with E-state index in [0.717, 1.165) is 0 Å². The predicted molar refractivity (Wildman–Crippen MR) is 43.3 cm³/mol. The maximum absolute atomic E-state index is 10.7. The van der Waals surface area contributed by atoms with Crippen molar-refractivity contribution in [2.45, 2.75) is 11.6 Å². The second-order valence-corrected chi connectivity index (χ2v) is 4.15. The highest BCUT2D eigenvalue weighted by Crippen LogP contribution is 2.77. The van der Waals surface area contributed by atoms with Gasteiger partial charge < -0.3 is 10.2 Å². The summed E-state index contributed by atoms with van der Waals surface area (Å²) in [6.45, 7) is 0.690. The Kier molecular flexibility index (Phi) is 0.865. The first-order valence-electron chi connectivity index (χ1n) is 3.88. The predicted octanol–water partition coefficient (Wildman–Crippen LogP) is -0.211. The van der Waals surface area contributed by atoms with Crippen LogP contribution in [-0.4, -0.2) is 28.3 Å². The van der Waals surface area contributed by atoms with Gasteiger partial charge in [-0.2, -0.15) is 5.26 Å². The molecule has 4 fully saturated rings. The minimum atomic E-state index is -0.277. The summed E-state index contributed by atoms with van der Waals surface area (Å²) in [5.41, 5.74) is -0.0563. The van der Waals surface area contributed by atoms with Crippen LogP contribution in [-0.2, 0) is 0 Å². The lowest BCUT2D eigenvalue weighted by Crippen LogP contribution is -2.40. The van der Waals surface area contributed by atoms with E-state index in [1.165, 1.54) is 0 Å². The molecule has 12 heavy (non-hydrogen) atoms. The Labute approximate surface area is 74.9 Å². The van der Waals surface area contributed by atoms with Crippen molar-refractivity contribution < 1.29 is 4.79 Å². The van der Waals surface area contributed by atoms with Gasteiger partial charge in [0.1, 0.15) is 0 Å². The Morgan fingerprint density at radius 3 is 2.83 bits per heavy atom. The Morgan fingerprint density at radius 2 is 2.42 bits per heavy atom. The second kappa shape index (κ2) is 1.57. The molecule has 5 heteroatoms. The number of amides is 1. The summed E-state index contributed by atoms with van der Waals surface area (Å²) in [5.74, 6) is 1.10. The van der Waals surface area contributed by atoms with Crippen molar-refractivity contribution in [1.82, 2.24) is 10.2 Å². The molecule has 1 amide bonds. The van der Waals surface area contributed by atoms with Crippen LogP contribution >= 0.6 is 12.6 Å². The molecule has 2 saturated heterocycles. The number of carbonyl (C=O) groups is 1. The summed E-state index contributed by atoms with van der Waals surface area (Å²) in [5, 5.41) is 11.2. The highest BCUT2D eigenvalue weighted by molar-refractivity contribution is 7.96. The summed E-state index contributed by atoms with van der Waals surface area (Å²) in [4.78, 5) is 12.5. The fraction of sp³-hybridized carbons (Fsp3) is 0.714. The van der Waals surface area contributed by atoms with E-state index in [4.69, 9.17) is 5.26 Å². The molecule has 62 valence electrons. The standard InChI is InChI=1S/C7H7N3OS/c8-2-10-1-7(9-6(11)12)3-4(7)5(3)10/h3-5H,1H2,(H2,9,11,12)/t3-,4?,5?,7?/m0/s1. The number of nitrogens with one attached hydrogen (secondary N) is 1. The first kappa shape index (κ1) is 6.61. The quantitative estimate of drug-likeness (QED) is 0.434. The normalized spacial score (nSPS) is 51.0. The molecule has 0 aromatic heterocycles. The monoisotopic (exact) mass is 181 g/mol. The summed E-state index contributed by atoms with van der Waals surface area (Å²) in [6.07, 6.45) is 2.13. The molecule has 1 N–H and O–H groups in total. The van der Waals surface area contributed by atoms with Gasteiger partial charge in [-0.05, 0) is 0 Å². The highest BCUT2D eigenvalue weighted by atomic mass is 32.1. The third-order valence-electron chi connectivity index (χ3n) is 3.32. The number of thiol groups is 1. The smallest absolute Gasteiger partial charge is 0.276 e. The molecule has 0 aromatic carbocycles. The van der Waals surface area contributed by atoms with E-state index in [9.17, 15) is 4.79 Å². The van der Waals surface area contributed by atoms with Crippen LogP contribution in [0.1, 0.15) is 0 Å². The Balaban J connectivity index is 1.78. The van der Waals surface area contributed by atoms with Gasteiger partial charge in [0.2, 0.25) is 0 Å². The third kappa shape index (κ3) is 0.486. The van der Waals surface area contributed by atoms with Crippen molar-refractivity contribution >= 4 is 17.9 Å². The van der Waals surface area contributed by atoms with Crippen molar-refractivity contribution in [2.24, 2.45) is 11.8 Å². The molecular formula is C7H7N3OS. The van der Waals surface area contributed by atoms with Crippen LogP contribution in [0.5, 0.6) is 0 Å². The molecule has 4 rings (SSSR count). The topological polar surface area (TPSA) is 56.1 Å². The van der Waals surface area contributed by atoms with E-state index in [2.05, 4.69) is 24.1 Å². The minimum absolute atomic E-state index is 0.0563. The molecule has 4 atom stereocenters. The van der Waals surface area contributed by atoms with E-state index < -0.39 is 0 Å². The Morgan fingerprint density at radius 1 is 1.75 bits per heavy atom. The van der Waals surface area contributed by atoms with Crippen LogP contribution in [0.2, 0.25) is 0 Å². The lowest BCUT2D eigenvalue weighted by atomic mass is 10.1. The number of rotatable bonds is 1. The number of hydrogen-bond donors (Lipinski definition) is 2. The van der Waals surface area contributed by atoms with Gasteiger partial charge in [-0.3, -0.25) is 4.79 Å². The van der Waals surface area contributed by atoms with Crippen molar-refractivity contribution in [3.8, 4) is 6.19 Å². The van der Waals surface area contributed by atoms with Gasteiger partial charge in [-0.25, -0.2) is 0 Å². The van der Waals surface area contributed by atoms with Crippen LogP contribution in [0.15, 0.2) is 0 Å². The number of fused-ring (bicyclic) bond motifs is 1. The van der Waals surface area contributed by atoms with Crippen molar-refractivity contribution in [1.29, 1.82) is 5.26 Å². The van der Waals surface area contributed by atoms with E-state index in [1.54, 1.807) is 4.90 Å². The number of nitriles is 1. The first-order chi connectivity index (χ1) is 5.70. The fourth-order valence-electron chi connectivity index (χ4n) is 2.78. The van der Waals surface area contributed by atoms with Crippen LogP contribution in [0, 0.1) is 23.3 Å². The number of hydrogen-bond acceptors (Lipinski definition) is 3. The van der Waals surface area contributed by atoms with Crippen LogP contribution < -0.4 is 5.32 Å². The molecule has 2 saturated carbocycles. The van der Waals surface area contributed by atoms with Crippen molar-refractivity contribution in [2.75, 3.05) is 6.54 Å². The molecular weight excluding hydrogens is 174 g/mol. The summed E-state index contributed by atoms with van der Waals surface area (Å²) < 4.78 is 0. The molecule has 4 nitrogen and oxygen atoms in total. The average molecular weight is 181 g/mol. The summed E-state index contributed by atoms with van der Waals surface area (Å²) in [6, 6.07) is 0.440. The molecule has 0 radical (unpaired) electrons. The van der Waals surface area contributed by atoms with E-state index in [-0.39, 0.29) is 10.8 Å². The van der Waals surface area contributed by atoms with E-state index in [0.29, 0.717) is 24.4 Å². The summed E-state index contributed by atoms with van der Waals surface area (Å²) in [7, 11) is 0. The largest absolute Gasteiger partial charge is 0.339 e. The zero-order chi connectivity index (χ0) is 8.51. The fourth-order valence-corrected chi connectivity index (χ4v) is 2.99. The van der Waals surface area contributed by atoms with Gasteiger partial charge in [-0.1, -0.05) is 12.6 Å². The zero-order valence-corrected chi connectivity index (χ0v) is 7.08. The Bertz CT molecular complexity index is 313. The van der Waals surface area contributed by atoms with Gasteiger partial charge in [-0.15, -0.1) is 0 Å². The maximum atomic E-state index is 10.7. The molecule has 0 aromatic rings. The second-order valence-electron chi connectivity index (χ2n) is 3.74. The minimum Gasteiger partial charge on any atom is -0.339 e. The first-order valence-corrected chi connectivity index (χ1v) is 4.33. The lowest BCUT2D eigenvalue weighted by molar-refractivity contribution is 0.255. The maximum Gasteiger partial charge on any atom is 0.276 e. The van der Waals surface area contributed by atoms with Crippen molar-refractivity contribution in [3.63, 3.8) is 0 Å². The van der Waals surface area contributed by atoms with Crippen LogP contribution in [0.4, 0.5) is 4.79 Å². The Hall–Kier alpha value is -0.890. The van der Waals surface area contributed by atoms with E-state index in [1.807, 2.05) is 0 Å². The SMILES string of the molecule is N#CN1CC2(NC(=O)S)C3C1[C@H]32. The molecule has 4 aliphatic rings. The number of nitrogens with zero attached hydrogens (tertiary/aromatic N) is 2. The molecule has 0 spiro atoms. The molecule has 2 heterocycles. The average Bonchev–Trinajstić information content (AvgIpc) is 2.81. The van der Waals surface area contributed by atoms with Gasteiger partial charge in [0, 0.05) is 11.8 Å². The third-order valence-corrected chi connectivity index (χ3v) is 3.43. The summed E-state index contributed by atoms with van der Waals surface area (Å²) >= 11 is 3.67. The number of carbonyl (C=O) groups excluding carboxylic acids is 1. The van der Waals surface area contributed by atoms with Gasteiger partial charge in [0.05, 0.1) is 18.1 Å².